The smallest absolute Gasteiger partial charge is 0.341 e. The van der Waals surface area contributed by atoms with Crippen LogP contribution in [0.15, 0.2) is 24.3 Å². The Hall–Kier alpha value is -2.57. The number of hydrogen-bond acceptors (Lipinski definition) is 4. The summed E-state index contributed by atoms with van der Waals surface area (Å²) in [5, 5.41) is 14.3. The molecule has 0 radical (unpaired) electrons. The Morgan fingerprint density at radius 3 is 2.31 bits per heavy atom. The molecule has 0 spiro atoms. The molecule has 1 fully saturated rings. The summed E-state index contributed by atoms with van der Waals surface area (Å²) in [5.41, 5.74) is 0.857. The Balaban J connectivity index is 1.83. The third-order valence-electron chi connectivity index (χ3n) is 4.58. The third kappa shape index (κ3) is 5.75. The van der Waals surface area contributed by atoms with E-state index in [0.717, 1.165) is 31.2 Å². The Morgan fingerprint density at radius 1 is 1.12 bits per heavy atom. The predicted octanol–water partition coefficient (Wildman–Crippen LogP) is 2.02. The summed E-state index contributed by atoms with van der Waals surface area (Å²) in [6.45, 7) is 3.12. The van der Waals surface area contributed by atoms with E-state index in [1.807, 2.05) is 6.92 Å². The molecular formula is C19H26N2O5. The normalized spacial score (nSPS) is 16.5. The molecular weight excluding hydrogens is 336 g/mol. The maximum atomic E-state index is 12.3. The highest BCUT2D eigenvalue weighted by Crippen LogP contribution is 2.24. The van der Waals surface area contributed by atoms with E-state index in [-0.39, 0.29) is 23.8 Å². The summed E-state index contributed by atoms with van der Waals surface area (Å²) >= 11 is 0. The molecule has 1 aromatic carbocycles. The van der Waals surface area contributed by atoms with Crippen LogP contribution in [0.5, 0.6) is 5.75 Å². The Bertz CT molecular complexity index is 638. The summed E-state index contributed by atoms with van der Waals surface area (Å²) in [6.07, 6.45) is 3.93. The van der Waals surface area contributed by atoms with Gasteiger partial charge in [-0.3, -0.25) is 9.59 Å². The second-order valence-corrected chi connectivity index (χ2v) is 6.69. The van der Waals surface area contributed by atoms with Crippen LogP contribution in [0, 0.1) is 5.92 Å². The Morgan fingerprint density at radius 2 is 1.73 bits per heavy atom. The van der Waals surface area contributed by atoms with Crippen molar-refractivity contribution in [3.63, 3.8) is 0 Å². The van der Waals surface area contributed by atoms with Crippen LogP contribution < -0.4 is 15.4 Å². The molecule has 1 aromatic rings. The number of nitrogens with one attached hydrogen (secondary N) is 2. The van der Waals surface area contributed by atoms with Crippen molar-refractivity contribution >= 4 is 17.8 Å². The van der Waals surface area contributed by atoms with Gasteiger partial charge in [-0.2, -0.15) is 0 Å². The summed E-state index contributed by atoms with van der Waals surface area (Å²) < 4.78 is 5.08. The molecule has 1 aliphatic rings. The zero-order valence-corrected chi connectivity index (χ0v) is 15.2. The first kappa shape index (κ1) is 19.8. The van der Waals surface area contributed by atoms with Crippen molar-refractivity contribution in [3.05, 3.63) is 29.8 Å². The van der Waals surface area contributed by atoms with E-state index in [1.165, 1.54) is 0 Å². The second kappa shape index (κ2) is 9.22. The van der Waals surface area contributed by atoms with Gasteiger partial charge in [0.1, 0.15) is 11.8 Å². The Labute approximate surface area is 153 Å². The molecule has 0 aliphatic heterocycles. The number of benzene rings is 1. The second-order valence-electron chi connectivity index (χ2n) is 6.69. The number of carbonyl (C=O) groups excluding carboxylic acids is 2. The fourth-order valence-electron chi connectivity index (χ4n) is 3.00. The van der Waals surface area contributed by atoms with Crippen molar-refractivity contribution in [2.24, 2.45) is 5.92 Å². The number of carboxylic acid groups (broad SMARTS) is 1. The summed E-state index contributed by atoms with van der Waals surface area (Å²) in [4.78, 5) is 34.9. The van der Waals surface area contributed by atoms with Crippen molar-refractivity contribution in [2.45, 2.75) is 51.6 Å². The zero-order valence-electron chi connectivity index (χ0n) is 15.2. The van der Waals surface area contributed by atoms with Gasteiger partial charge in [0.15, 0.2) is 6.61 Å². The number of amides is 2. The zero-order chi connectivity index (χ0) is 19.1. The molecule has 2 atom stereocenters. The lowest BCUT2D eigenvalue weighted by Gasteiger charge is -2.20. The molecule has 2 rings (SSSR count). The van der Waals surface area contributed by atoms with E-state index >= 15 is 0 Å². The molecule has 26 heavy (non-hydrogen) atoms. The summed E-state index contributed by atoms with van der Waals surface area (Å²) in [7, 11) is 0. The molecule has 0 heterocycles. The highest BCUT2D eigenvalue weighted by atomic mass is 16.5. The lowest BCUT2D eigenvalue weighted by atomic mass is 10.1. The quantitative estimate of drug-likeness (QED) is 0.656. The number of rotatable bonds is 8. The molecule has 3 N–H and O–H groups in total. The van der Waals surface area contributed by atoms with E-state index in [4.69, 9.17) is 9.84 Å². The van der Waals surface area contributed by atoms with Gasteiger partial charge in [-0.15, -0.1) is 0 Å². The average molecular weight is 362 g/mol. The maximum Gasteiger partial charge on any atom is 0.341 e. The van der Waals surface area contributed by atoms with Gasteiger partial charge in [-0.25, -0.2) is 4.79 Å². The first-order valence-corrected chi connectivity index (χ1v) is 8.92. The minimum absolute atomic E-state index is 0.0287. The highest BCUT2D eigenvalue weighted by molar-refractivity contribution is 5.88. The Kier molecular flexibility index (Phi) is 7.00. The van der Waals surface area contributed by atoms with Gasteiger partial charge in [-0.05, 0) is 44.4 Å². The largest absolute Gasteiger partial charge is 0.482 e. The van der Waals surface area contributed by atoms with Gasteiger partial charge >= 0.3 is 5.97 Å². The van der Waals surface area contributed by atoms with Crippen LogP contribution >= 0.6 is 0 Å². The van der Waals surface area contributed by atoms with Crippen molar-refractivity contribution in [1.82, 2.24) is 10.6 Å². The fraction of sp³-hybridized carbons (Fsp3) is 0.526. The predicted molar refractivity (Wildman–Crippen MR) is 95.7 cm³/mol. The van der Waals surface area contributed by atoms with E-state index in [2.05, 4.69) is 10.6 Å². The van der Waals surface area contributed by atoms with Crippen LogP contribution in [0.25, 0.3) is 0 Å². The SMILES string of the molecule is CC(NC(=O)C1CCCC1)C(=O)NC(C)c1ccc(OCC(=O)O)cc1. The number of carboxylic acids is 1. The molecule has 2 unspecified atom stereocenters. The maximum absolute atomic E-state index is 12.3. The van der Waals surface area contributed by atoms with Crippen molar-refractivity contribution in [3.8, 4) is 5.75 Å². The first-order chi connectivity index (χ1) is 12.4. The average Bonchev–Trinajstić information content (AvgIpc) is 3.15. The number of carbonyl (C=O) groups is 3. The molecule has 7 nitrogen and oxygen atoms in total. The minimum atomic E-state index is -1.04. The number of aliphatic carboxylic acids is 1. The highest BCUT2D eigenvalue weighted by Gasteiger charge is 2.26. The molecule has 0 saturated heterocycles. The standard InChI is InChI=1S/C19H26N2O5/c1-12(14-7-9-16(10-8-14)26-11-17(22)23)20-18(24)13(2)21-19(25)15-5-3-4-6-15/h7-10,12-13,15H,3-6,11H2,1-2H3,(H,20,24)(H,21,25)(H,22,23). The van der Waals surface area contributed by atoms with Crippen LogP contribution in [0.1, 0.15) is 51.1 Å². The van der Waals surface area contributed by atoms with Crippen molar-refractivity contribution in [1.29, 1.82) is 0 Å². The third-order valence-corrected chi connectivity index (χ3v) is 4.58. The number of hydrogen-bond donors (Lipinski definition) is 3. The van der Waals surface area contributed by atoms with Crippen LogP contribution in [0.2, 0.25) is 0 Å². The van der Waals surface area contributed by atoms with Crippen LogP contribution in [0.3, 0.4) is 0 Å². The molecule has 1 saturated carbocycles. The summed E-state index contributed by atoms with van der Waals surface area (Å²) in [5.74, 6) is -0.843. The number of ether oxygens (including phenoxy) is 1. The topological polar surface area (TPSA) is 105 Å². The molecule has 0 aromatic heterocycles. The minimum Gasteiger partial charge on any atom is -0.482 e. The van der Waals surface area contributed by atoms with E-state index in [1.54, 1.807) is 31.2 Å². The van der Waals surface area contributed by atoms with Crippen molar-refractivity contribution in [2.75, 3.05) is 6.61 Å². The van der Waals surface area contributed by atoms with Crippen LogP contribution in [0.4, 0.5) is 0 Å². The van der Waals surface area contributed by atoms with Gasteiger partial charge in [0.2, 0.25) is 11.8 Å². The molecule has 7 heteroatoms. The summed E-state index contributed by atoms with van der Waals surface area (Å²) in [6, 6.07) is 6.01. The van der Waals surface area contributed by atoms with Gasteiger partial charge in [0, 0.05) is 5.92 Å². The van der Waals surface area contributed by atoms with E-state index < -0.39 is 18.6 Å². The molecule has 0 bridgehead atoms. The van der Waals surface area contributed by atoms with Gasteiger partial charge < -0.3 is 20.5 Å². The molecule has 142 valence electrons. The monoisotopic (exact) mass is 362 g/mol. The first-order valence-electron chi connectivity index (χ1n) is 8.92. The lowest BCUT2D eigenvalue weighted by Crippen LogP contribution is -2.47. The van der Waals surface area contributed by atoms with Crippen LogP contribution in [-0.4, -0.2) is 35.5 Å². The van der Waals surface area contributed by atoms with Crippen LogP contribution in [-0.2, 0) is 14.4 Å². The van der Waals surface area contributed by atoms with Crippen molar-refractivity contribution < 1.29 is 24.2 Å². The van der Waals surface area contributed by atoms with Gasteiger partial charge in [0.25, 0.3) is 0 Å². The lowest BCUT2D eigenvalue weighted by molar-refractivity contribution is -0.139. The van der Waals surface area contributed by atoms with E-state index in [9.17, 15) is 14.4 Å². The van der Waals surface area contributed by atoms with E-state index in [0.29, 0.717) is 5.75 Å². The van der Waals surface area contributed by atoms with Gasteiger partial charge in [-0.1, -0.05) is 25.0 Å². The van der Waals surface area contributed by atoms with Gasteiger partial charge in [0.05, 0.1) is 6.04 Å². The fourth-order valence-corrected chi connectivity index (χ4v) is 3.00. The molecule has 2 amide bonds. The molecule has 1 aliphatic carbocycles.